The molecule has 0 saturated carbocycles. The SMILES string of the molecule is CN1CC[C@H](c2ccc(Cl)cc2)[C@@H](CC(=O)O)C1. The smallest absolute Gasteiger partial charge is 0.303 e. The summed E-state index contributed by atoms with van der Waals surface area (Å²) in [5.41, 5.74) is 1.21. The number of carboxylic acids is 1. The number of piperidine rings is 1. The minimum absolute atomic E-state index is 0.183. The van der Waals surface area contributed by atoms with Crippen molar-refractivity contribution in [3.05, 3.63) is 34.9 Å². The highest BCUT2D eigenvalue weighted by Crippen LogP contribution is 2.35. The quantitative estimate of drug-likeness (QED) is 0.916. The largest absolute Gasteiger partial charge is 0.481 e. The van der Waals surface area contributed by atoms with Crippen molar-refractivity contribution in [3.8, 4) is 0 Å². The van der Waals surface area contributed by atoms with E-state index in [9.17, 15) is 4.79 Å². The van der Waals surface area contributed by atoms with Crippen molar-refractivity contribution in [2.45, 2.75) is 18.8 Å². The van der Waals surface area contributed by atoms with E-state index in [1.807, 2.05) is 31.3 Å². The number of carbonyl (C=O) groups is 1. The van der Waals surface area contributed by atoms with E-state index < -0.39 is 5.97 Å². The lowest BCUT2D eigenvalue weighted by molar-refractivity contribution is -0.138. The van der Waals surface area contributed by atoms with Crippen molar-refractivity contribution in [1.29, 1.82) is 0 Å². The van der Waals surface area contributed by atoms with Crippen LogP contribution in [0.1, 0.15) is 24.3 Å². The molecule has 1 fully saturated rings. The highest BCUT2D eigenvalue weighted by atomic mass is 35.5. The van der Waals surface area contributed by atoms with E-state index in [4.69, 9.17) is 16.7 Å². The normalized spacial score (nSPS) is 25.0. The minimum atomic E-state index is -0.714. The molecular formula is C14H18ClNO2. The van der Waals surface area contributed by atoms with Gasteiger partial charge >= 0.3 is 5.97 Å². The maximum absolute atomic E-state index is 11.0. The molecular weight excluding hydrogens is 250 g/mol. The Kier molecular flexibility index (Phi) is 4.25. The summed E-state index contributed by atoms with van der Waals surface area (Å²) in [7, 11) is 2.05. The molecule has 0 amide bonds. The molecule has 1 N–H and O–H groups in total. The van der Waals surface area contributed by atoms with Gasteiger partial charge in [-0.2, -0.15) is 0 Å². The van der Waals surface area contributed by atoms with E-state index in [-0.39, 0.29) is 12.3 Å². The molecule has 2 rings (SSSR count). The van der Waals surface area contributed by atoms with Crippen LogP contribution in [-0.2, 0) is 4.79 Å². The van der Waals surface area contributed by atoms with Gasteiger partial charge in [-0.05, 0) is 49.5 Å². The van der Waals surface area contributed by atoms with Gasteiger partial charge in [0.15, 0.2) is 0 Å². The molecule has 1 aromatic rings. The molecule has 1 heterocycles. The average molecular weight is 268 g/mol. The van der Waals surface area contributed by atoms with Crippen molar-refractivity contribution < 1.29 is 9.90 Å². The van der Waals surface area contributed by atoms with Crippen LogP contribution in [0.5, 0.6) is 0 Å². The van der Waals surface area contributed by atoms with Gasteiger partial charge in [-0.15, -0.1) is 0 Å². The predicted molar refractivity (Wildman–Crippen MR) is 72.0 cm³/mol. The van der Waals surface area contributed by atoms with Crippen LogP contribution in [0, 0.1) is 5.92 Å². The first-order valence-corrected chi connectivity index (χ1v) is 6.60. The fourth-order valence-electron chi connectivity index (χ4n) is 2.79. The lowest BCUT2D eigenvalue weighted by atomic mass is 9.79. The minimum Gasteiger partial charge on any atom is -0.481 e. The van der Waals surface area contributed by atoms with Gasteiger partial charge in [0, 0.05) is 18.0 Å². The van der Waals surface area contributed by atoms with Crippen LogP contribution in [0.25, 0.3) is 0 Å². The number of hydrogen-bond acceptors (Lipinski definition) is 2. The van der Waals surface area contributed by atoms with Gasteiger partial charge < -0.3 is 10.0 Å². The zero-order valence-electron chi connectivity index (χ0n) is 10.5. The Hall–Kier alpha value is -1.06. The second kappa shape index (κ2) is 5.72. The number of hydrogen-bond donors (Lipinski definition) is 1. The van der Waals surface area contributed by atoms with Crippen LogP contribution in [0.3, 0.4) is 0 Å². The van der Waals surface area contributed by atoms with E-state index in [0.29, 0.717) is 5.92 Å². The second-order valence-corrected chi connectivity index (χ2v) is 5.50. The first-order chi connectivity index (χ1) is 8.56. The molecule has 0 aromatic heterocycles. The summed E-state index contributed by atoms with van der Waals surface area (Å²) in [6, 6.07) is 7.81. The second-order valence-electron chi connectivity index (χ2n) is 5.07. The Morgan fingerprint density at radius 3 is 2.72 bits per heavy atom. The number of likely N-dealkylation sites (tertiary alicyclic amines) is 1. The lowest BCUT2D eigenvalue weighted by Gasteiger charge is -2.36. The fourth-order valence-corrected chi connectivity index (χ4v) is 2.92. The Morgan fingerprint density at radius 2 is 2.11 bits per heavy atom. The molecule has 3 nitrogen and oxygen atoms in total. The third-order valence-electron chi connectivity index (χ3n) is 3.67. The van der Waals surface area contributed by atoms with Crippen molar-refractivity contribution in [3.63, 3.8) is 0 Å². The zero-order chi connectivity index (χ0) is 13.1. The maximum Gasteiger partial charge on any atom is 0.303 e. The topological polar surface area (TPSA) is 40.5 Å². The number of carboxylic acid groups (broad SMARTS) is 1. The number of rotatable bonds is 3. The lowest BCUT2D eigenvalue weighted by Crippen LogP contribution is -2.38. The highest BCUT2D eigenvalue weighted by molar-refractivity contribution is 6.30. The predicted octanol–water partition coefficient (Wildman–Crippen LogP) is 2.85. The van der Waals surface area contributed by atoms with Crippen LogP contribution in [0.2, 0.25) is 5.02 Å². The number of benzene rings is 1. The Balaban J connectivity index is 2.17. The van der Waals surface area contributed by atoms with E-state index in [1.165, 1.54) is 5.56 Å². The number of nitrogens with zero attached hydrogens (tertiary/aromatic N) is 1. The first kappa shape index (κ1) is 13.4. The van der Waals surface area contributed by atoms with Gasteiger partial charge in [-0.1, -0.05) is 23.7 Å². The first-order valence-electron chi connectivity index (χ1n) is 6.22. The Labute approximate surface area is 112 Å². The van der Waals surface area contributed by atoms with Crippen LogP contribution in [-0.4, -0.2) is 36.1 Å². The van der Waals surface area contributed by atoms with Crippen molar-refractivity contribution in [2.24, 2.45) is 5.92 Å². The standard InChI is InChI=1S/C14H18ClNO2/c1-16-7-6-13(11(9-16)8-14(17)18)10-2-4-12(15)5-3-10/h2-5,11,13H,6-9H2,1H3,(H,17,18)/t11-,13+/m0/s1. The zero-order valence-corrected chi connectivity index (χ0v) is 11.2. The van der Waals surface area contributed by atoms with E-state index in [1.54, 1.807) is 0 Å². The van der Waals surface area contributed by atoms with Crippen molar-refractivity contribution in [1.82, 2.24) is 4.90 Å². The summed E-state index contributed by atoms with van der Waals surface area (Å²) in [5, 5.41) is 9.74. The Bertz CT molecular complexity index is 418. The molecule has 0 radical (unpaired) electrons. The van der Waals surface area contributed by atoms with Crippen LogP contribution in [0.4, 0.5) is 0 Å². The van der Waals surface area contributed by atoms with Gasteiger partial charge in [0.25, 0.3) is 0 Å². The van der Waals surface area contributed by atoms with Gasteiger partial charge in [0.05, 0.1) is 0 Å². The third-order valence-corrected chi connectivity index (χ3v) is 3.92. The van der Waals surface area contributed by atoms with Gasteiger partial charge in [0.2, 0.25) is 0 Å². The van der Waals surface area contributed by atoms with E-state index in [2.05, 4.69) is 4.90 Å². The molecule has 0 spiro atoms. The molecule has 1 aromatic carbocycles. The summed E-state index contributed by atoms with van der Waals surface area (Å²) < 4.78 is 0. The molecule has 0 unspecified atom stereocenters. The third kappa shape index (κ3) is 3.24. The summed E-state index contributed by atoms with van der Waals surface area (Å²) in [6.45, 7) is 1.86. The number of halogens is 1. The molecule has 1 aliphatic rings. The summed E-state index contributed by atoms with van der Waals surface area (Å²) >= 11 is 5.89. The molecule has 18 heavy (non-hydrogen) atoms. The average Bonchev–Trinajstić information content (AvgIpc) is 2.30. The Morgan fingerprint density at radius 1 is 1.44 bits per heavy atom. The summed E-state index contributed by atoms with van der Waals surface area (Å²) in [4.78, 5) is 13.2. The monoisotopic (exact) mass is 267 g/mol. The van der Waals surface area contributed by atoms with Crippen LogP contribution < -0.4 is 0 Å². The highest BCUT2D eigenvalue weighted by Gasteiger charge is 2.30. The fraction of sp³-hybridized carbons (Fsp3) is 0.500. The number of aliphatic carboxylic acids is 1. The van der Waals surface area contributed by atoms with Gasteiger partial charge in [-0.25, -0.2) is 0 Å². The molecule has 4 heteroatoms. The van der Waals surface area contributed by atoms with Crippen LogP contribution in [0.15, 0.2) is 24.3 Å². The summed E-state index contributed by atoms with van der Waals surface area (Å²) in [5.74, 6) is -0.203. The molecule has 2 atom stereocenters. The molecule has 98 valence electrons. The summed E-state index contributed by atoms with van der Waals surface area (Å²) in [6.07, 6.45) is 1.24. The maximum atomic E-state index is 11.0. The molecule has 0 aliphatic carbocycles. The van der Waals surface area contributed by atoms with E-state index >= 15 is 0 Å². The van der Waals surface area contributed by atoms with Gasteiger partial charge in [0.1, 0.15) is 0 Å². The van der Waals surface area contributed by atoms with Crippen molar-refractivity contribution in [2.75, 3.05) is 20.1 Å². The van der Waals surface area contributed by atoms with E-state index in [0.717, 1.165) is 24.5 Å². The molecule has 1 aliphatic heterocycles. The van der Waals surface area contributed by atoms with Gasteiger partial charge in [-0.3, -0.25) is 4.79 Å². The molecule has 1 saturated heterocycles. The van der Waals surface area contributed by atoms with Crippen molar-refractivity contribution >= 4 is 17.6 Å². The van der Waals surface area contributed by atoms with Crippen LogP contribution >= 0.6 is 11.6 Å². The molecule has 0 bridgehead atoms.